The molecule has 0 unspecified atom stereocenters. The van der Waals surface area contributed by atoms with Crippen molar-refractivity contribution in [3.8, 4) is 5.75 Å². The third kappa shape index (κ3) is 7.61. The molecule has 2 aliphatic rings. The number of piperidine rings is 1. The van der Waals surface area contributed by atoms with Gasteiger partial charge >= 0.3 is 6.03 Å². The fourth-order valence-corrected chi connectivity index (χ4v) is 4.93. The minimum absolute atomic E-state index is 0.147. The number of likely N-dealkylation sites (tertiary alicyclic amines) is 1. The lowest BCUT2D eigenvalue weighted by Gasteiger charge is -2.34. The summed E-state index contributed by atoms with van der Waals surface area (Å²) in [6.45, 7) is 3.23. The smallest absolute Gasteiger partial charge is 0.319 e. The maximum Gasteiger partial charge on any atom is 0.319 e. The number of nitrogens with one attached hydrogen (secondary N) is 2. The first-order valence-electron chi connectivity index (χ1n) is 12.0. The molecule has 7 heteroatoms. The molecule has 1 saturated carbocycles. The van der Waals surface area contributed by atoms with Gasteiger partial charge in [0.1, 0.15) is 17.7 Å². The normalized spacial score (nSPS) is 22.0. The topological polar surface area (TPSA) is 53.6 Å². The molecule has 5 nitrogen and oxygen atoms in total. The van der Waals surface area contributed by atoms with Crippen molar-refractivity contribution in [3.63, 3.8) is 0 Å². The van der Waals surface area contributed by atoms with Crippen molar-refractivity contribution < 1.29 is 13.9 Å². The number of carbonyl (C=O) groups is 1. The average molecular weight is 474 g/mol. The maximum atomic E-state index is 13.0. The fraction of sp³-hybridized carbons (Fsp3) is 0.500. The van der Waals surface area contributed by atoms with Crippen LogP contribution in [0.25, 0.3) is 0 Å². The van der Waals surface area contributed by atoms with E-state index in [2.05, 4.69) is 15.5 Å². The highest BCUT2D eigenvalue weighted by Gasteiger charge is 2.25. The molecule has 1 aliphatic heterocycles. The Hall–Kier alpha value is -2.31. The standard InChI is InChI=1S/C26H33ClFN3O2/c27-20-3-9-23(10-4-20)30-26(32)29-22-7-1-19(2-8-22)13-16-31-17-14-25(15-18-31)33-24-11-5-21(28)6-12-24/h3-6,9-12,19,22,25H,1-2,7-8,13-18H2,(H2,29,30,32)/t19-,22-. The molecule has 0 atom stereocenters. The van der Waals surface area contributed by atoms with Gasteiger partial charge in [0.25, 0.3) is 0 Å². The van der Waals surface area contributed by atoms with Crippen LogP contribution in [0, 0.1) is 11.7 Å². The summed E-state index contributed by atoms with van der Waals surface area (Å²) in [5, 5.41) is 6.64. The van der Waals surface area contributed by atoms with Crippen molar-refractivity contribution >= 4 is 23.3 Å². The molecule has 2 N–H and O–H groups in total. The van der Waals surface area contributed by atoms with Gasteiger partial charge in [0.05, 0.1) is 0 Å². The fourth-order valence-electron chi connectivity index (χ4n) is 4.80. The minimum atomic E-state index is -0.233. The molecule has 33 heavy (non-hydrogen) atoms. The number of amides is 2. The first kappa shape index (κ1) is 23.8. The van der Waals surface area contributed by atoms with E-state index in [0.717, 1.165) is 75.5 Å². The molecule has 0 bridgehead atoms. The average Bonchev–Trinajstić information content (AvgIpc) is 2.82. The van der Waals surface area contributed by atoms with Crippen LogP contribution in [-0.2, 0) is 0 Å². The molecule has 0 spiro atoms. The second-order valence-corrected chi connectivity index (χ2v) is 9.66. The number of halogens is 2. The van der Waals surface area contributed by atoms with Gasteiger partial charge in [0.2, 0.25) is 0 Å². The summed E-state index contributed by atoms with van der Waals surface area (Å²) >= 11 is 5.89. The first-order valence-corrected chi connectivity index (χ1v) is 12.4. The maximum absolute atomic E-state index is 13.0. The van der Waals surface area contributed by atoms with E-state index in [1.807, 2.05) is 0 Å². The van der Waals surface area contributed by atoms with Crippen LogP contribution in [0.3, 0.4) is 0 Å². The van der Waals surface area contributed by atoms with E-state index < -0.39 is 0 Å². The molecule has 0 radical (unpaired) electrons. The van der Waals surface area contributed by atoms with Gasteiger partial charge in [-0.2, -0.15) is 0 Å². The summed E-state index contributed by atoms with van der Waals surface area (Å²) in [4.78, 5) is 14.8. The Labute approximate surface area is 200 Å². The largest absolute Gasteiger partial charge is 0.490 e. The zero-order chi connectivity index (χ0) is 23.0. The molecule has 4 rings (SSSR count). The number of ether oxygens (including phenoxy) is 1. The second kappa shape index (κ2) is 11.7. The number of hydrogen-bond donors (Lipinski definition) is 2. The Morgan fingerprint density at radius 3 is 2.30 bits per heavy atom. The highest BCUT2D eigenvalue weighted by Crippen LogP contribution is 2.28. The Balaban J connectivity index is 1.09. The predicted octanol–water partition coefficient (Wildman–Crippen LogP) is 6.09. The van der Waals surface area contributed by atoms with Gasteiger partial charge in [-0.15, -0.1) is 0 Å². The van der Waals surface area contributed by atoms with Gasteiger partial charge in [-0.3, -0.25) is 0 Å². The van der Waals surface area contributed by atoms with Gasteiger partial charge in [0, 0.05) is 29.8 Å². The first-order chi connectivity index (χ1) is 16.0. The van der Waals surface area contributed by atoms with Gasteiger partial charge in [0.15, 0.2) is 0 Å². The minimum Gasteiger partial charge on any atom is -0.490 e. The van der Waals surface area contributed by atoms with Crippen LogP contribution < -0.4 is 15.4 Å². The molecular weight excluding hydrogens is 441 g/mol. The summed E-state index contributed by atoms with van der Waals surface area (Å²) in [6.07, 6.45) is 7.85. The summed E-state index contributed by atoms with van der Waals surface area (Å²) in [5.74, 6) is 1.25. The van der Waals surface area contributed by atoms with Crippen LogP contribution >= 0.6 is 11.6 Å². The van der Waals surface area contributed by atoms with Crippen LogP contribution in [0.1, 0.15) is 44.9 Å². The third-order valence-electron chi connectivity index (χ3n) is 6.79. The summed E-state index contributed by atoms with van der Waals surface area (Å²) in [6, 6.07) is 13.5. The van der Waals surface area contributed by atoms with E-state index in [0.29, 0.717) is 5.02 Å². The zero-order valence-corrected chi connectivity index (χ0v) is 19.7. The van der Waals surface area contributed by atoms with Crippen molar-refractivity contribution in [3.05, 3.63) is 59.4 Å². The van der Waals surface area contributed by atoms with Crippen molar-refractivity contribution in [1.82, 2.24) is 10.2 Å². The molecule has 0 aromatic heterocycles. The van der Waals surface area contributed by atoms with E-state index >= 15 is 0 Å². The Morgan fingerprint density at radius 2 is 1.64 bits per heavy atom. The third-order valence-corrected chi connectivity index (χ3v) is 7.04. The van der Waals surface area contributed by atoms with Gasteiger partial charge < -0.3 is 20.3 Å². The van der Waals surface area contributed by atoms with E-state index in [4.69, 9.17) is 16.3 Å². The van der Waals surface area contributed by atoms with Crippen molar-refractivity contribution in [2.45, 2.75) is 57.1 Å². The van der Waals surface area contributed by atoms with Gasteiger partial charge in [-0.1, -0.05) is 11.6 Å². The summed E-state index contributed by atoms with van der Waals surface area (Å²) < 4.78 is 19.0. The molecule has 2 aromatic carbocycles. The second-order valence-electron chi connectivity index (χ2n) is 9.22. The highest BCUT2D eigenvalue weighted by atomic mass is 35.5. The number of urea groups is 1. The Bertz CT molecular complexity index is 877. The molecule has 2 amide bonds. The van der Waals surface area contributed by atoms with Crippen molar-refractivity contribution in [2.24, 2.45) is 5.92 Å². The predicted molar refractivity (Wildman–Crippen MR) is 130 cm³/mol. The molecular formula is C26H33ClFN3O2. The van der Waals surface area contributed by atoms with E-state index in [9.17, 15) is 9.18 Å². The number of benzene rings is 2. The van der Waals surface area contributed by atoms with Gasteiger partial charge in [-0.05, 0) is 106 Å². The number of carbonyl (C=O) groups excluding carboxylic acids is 1. The zero-order valence-electron chi connectivity index (χ0n) is 18.9. The highest BCUT2D eigenvalue weighted by molar-refractivity contribution is 6.30. The molecule has 178 valence electrons. The summed E-state index contributed by atoms with van der Waals surface area (Å²) in [5.41, 5.74) is 0.748. The lowest BCUT2D eigenvalue weighted by atomic mass is 9.84. The van der Waals surface area contributed by atoms with Crippen molar-refractivity contribution in [2.75, 3.05) is 25.0 Å². The van der Waals surface area contributed by atoms with Gasteiger partial charge in [-0.25, -0.2) is 9.18 Å². The SMILES string of the molecule is O=C(Nc1ccc(Cl)cc1)N[C@H]1CC[C@H](CCN2CCC(Oc3ccc(F)cc3)CC2)CC1. The van der Waals surface area contributed by atoms with Crippen molar-refractivity contribution in [1.29, 1.82) is 0 Å². The van der Waals surface area contributed by atoms with Crippen LogP contribution in [-0.4, -0.2) is 42.7 Å². The molecule has 1 aliphatic carbocycles. The Morgan fingerprint density at radius 1 is 0.970 bits per heavy atom. The van der Waals surface area contributed by atoms with E-state index in [1.54, 1.807) is 36.4 Å². The molecule has 1 saturated heterocycles. The molecule has 2 fully saturated rings. The lowest BCUT2D eigenvalue weighted by Crippen LogP contribution is -2.41. The summed E-state index contributed by atoms with van der Waals surface area (Å²) in [7, 11) is 0. The Kier molecular flexibility index (Phi) is 8.46. The van der Waals surface area contributed by atoms with Crippen LogP contribution in [0.4, 0.5) is 14.9 Å². The number of nitrogens with zero attached hydrogens (tertiary/aromatic N) is 1. The van der Waals surface area contributed by atoms with Crippen LogP contribution in [0.5, 0.6) is 5.75 Å². The monoisotopic (exact) mass is 473 g/mol. The quantitative estimate of drug-likeness (QED) is 0.511. The number of rotatable bonds is 7. The van der Waals surface area contributed by atoms with Crippen LogP contribution in [0.2, 0.25) is 5.02 Å². The van der Waals surface area contributed by atoms with Crippen LogP contribution in [0.15, 0.2) is 48.5 Å². The number of anilines is 1. The molecule has 2 aromatic rings. The van der Waals surface area contributed by atoms with E-state index in [1.165, 1.54) is 18.6 Å². The molecule has 1 heterocycles. The lowest BCUT2D eigenvalue weighted by molar-refractivity contribution is 0.0950. The van der Waals surface area contributed by atoms with E-state index in [-0.39, 0.29) is 24.0 Å². The number of hydrogen-bond acceptors (Lipinski definition) is 3.